The van der Waals surface area contributed by atoms with Crippen molar-refractivity contribution in [2.75, 3.05) is 0 Å². The monoisotopic (exact) mass is 326 g/mol. The Kier molecular flexibility index (Phi) is 3.49. The zero-order valence-electron chi connectivity index (χ0n) is 11.0. The number of hydrogen-bond acceptors (Lipinski definition) is 0. The van der Waals surface area contributed by atoms with Gasteiger partial charge in [-0.1, -0.05) is 46.4 Å². The van der Waals surface area contributed by atoms with Gasteiger partial charge in [-0.05, 0) is 67.2 Å². The predicted molar refractivity (Wildman–Crippen MR) is 81.5 cm³/mol. The first-order valence-electron chi connectivity index (χ1n) is 7.00. The summed E-state index contributed by atoms with van der Waals surface area (Å²) in [6.07, 6.45) is 5.78. The molecule has 0 aliphatic heterocycles. The van der Waals surface area contributed by atoms with Crippen molar-refractivity contribution in [3.63, 3.8) is 0 Å². The highest BCUT2D eigenvalue weighted by atomic mass is 79.9. The molecular formula is C16H20BrCl. The van der Waals surface area contributed by atoms with E-state index in [4.69, 9.17) is 11.6 Å². The van der Waals surface area contributed by atoms with E-state index in [0.717, 1.165) is 22.8 Å². The van der Waals surface area contributed by atoms with Crippen molar-refractivity contribution in [3.8, 4) is 0 Å². The van der Waals surface area contributed by atoms with Gasteiger partial charge in [0, 0.05) is 9.85 Å². The van der Waals surface area contributed by atoms with Crippen LogP contribution in [0.1, 0.15) is 47.2 Å². The number of benzene rings is 1. The molecule has 18 heavy (non-hydrogen) atoms. The van der Waals surface area contributed by atoms with E-state index in [0.29, 0.717) is 4.83 Å². The largest absolute Gasteiger partial charge is 0.0840 e. The van der Waals surface area contributed by atoms with E-state index >= 15 is 0 Å². The number of alkyl halides is 1. The standard InChI is InChI=1S/C16H20BrCl/c1-9-8-14(18)10(2)7-13(9)16(17)15-11-5-3-4-6-12(11)15/h7-8,11-12,15-16H,3-6H2,1-2H3. The second kappa shape index (κ2) is 4.83. The summed E-state index contributed by atoms with van der Waals surface area (Å²) in [4.78, 5) is 0.529. The minimum Gasteiger partial charge on any atom is -0.0840 e. The molecule has 0 bridgehead atoms. The lowest BCUT2D eigenvalue weighted by molar-refractivity contribution is 0.480. The molecule has 1 aromatic carbocycles. The fourth-order valence-corrected chi connectivity index (χ4v) is 5.29. The van der Waals surface area contributed by atoms with Crippen LogP contribution >= 0.6 is 27.5 Å². The molecule has 2 saturated carbocycles. The fourth-order valence-electron chi connectivity index (χ4n) is 3.79. The van der Waals surface area contributed by atoms with Crippen molar-refractivity contribution < 1.29 is 0 Å². The van der Waals surface area contributed by atoms with Crippen molar-refractivity contribution in [1.29, 1.82) is 0 Å². The van der Waals surface area contributed by atoms with E-state index in [1.807, 2.05) is 0 Å². The molecule has 0 spiro atoms. The van der Waals surface area contributed by atoms with Gasteiger partial charge in [-0.3, -0.25) is 0 Å². The lowest BCUT2D eigenvalue weighted by atomic mass is 9.99. The van der Waals surface area contributed by atoms with Gasteiger partial charge >= 0.3 is 0 Å². The van der Waals surface area contributed by atoms with Crippen LogP contribution in [-0.2, 0) is 0 Å². The maximum Gasteiger partial charge on any atom is 0.0438 e. The Bertz CT molecular complexity index is 456. The highest BCUT2D eigenvalue weighted by Gasteiger charge is 2.53. The van der Waals surface area contributed by atoms with Gasteiger partial charge < -0.3 is 0 Å². The molecule has 0 heterocycles. The molecular weight excluding hydrogens is 308 g/mol. The van der Waals surface area contributed by atoms with Crippen molar-refractivity contribution in [1.82, 2.24) is 0 Å². The molecule has 0 amide bonds. The highest BCUT2D eigenvalue weighted by Crippen LogP contribution is 2.63. The van der Waals surface area contributed by atoms with Crippen LogP contribution in [0.2, 0.25) is 5.02 Å². The summed E-state index contributed by atoms with van der Waals surface area (Å²) >= 11 is 10.2. The van der Waals surface area contributed by atoms with Crippen molar-refractivity contribution in [2.45, 2.75) is 44.4 Å². The summed E-state index contributed by atoms with van der Waals surface area (Å²) in [5.41, 5.74) is 3.98. The highest BCUT2D eigenvalue weighted by molar-refractivity contribution is 9.09. The van der Waals surface area contributed by atoms with Crippen molar-refractivity contribution in [3.05, 3.63) is 33.8 Å². The molecule has 0 aromatic heterocycles. The summed E-state index contributed by atoms with van der Waals surface area (Å²) in [5, 5.41) is 0.893. The van der Waals surface area contributed by atoms with Gasteiger partial charge in [0.25, 0.3) is 0 Å². The first-order valence-corrected chi connectivity index (χ1v) is 8.29. The van der Waals surface area contributed by atoms with Crippen LogP contribution in [0, 0.1) is 31.6 Å². The van der Waals surface area contributed by atoms with E-state index in [-0.39, 0.29) is 0 Å². The van der Waals surface area contributed by atoms with E-state index in [9.17, 15) is 0 Å². The van der Waals surface area contributed by atoms with Gasteiger partial charge in [-0.15, -0.1) is 0 Å². The molecule has 3 atom stereocenters. The molecule has 98 valence electrons. The summed E-state index contributed by atoms with van der Waals surface area (Å²) in [6, 6.07) is 4.40. The molecule has 0 saturated heterocycles. The summed E-state index contributed by atoms with van der Waals surface area (Å²) in [7, 11) is 0. The average Bonchev–Trinajstić information content (AvgIpc) is 3.07. The molecule has 3 unspecified atom stereocenters. The second-order valence-electron chi connectivity index (χ2n) is 6.05. The molecule has 2 fully saturated rings. The zero-order valence-corrected chi connectivity index (χ0v) is 13.4. The van der Waals surface area contributed by atoms with E-state index in [1.165, 1.54) is 42.4 Å². The maximum absolute atomic E-state index is 6.19. The van der Waals surface area contributed by atoms with Crippen LogP contribution in [0.5, 0.6) is 0 Å². The number of hydrogen-bond donors (Lipinski definition) is 0. The topological polar surface area (TPSA) is 0 Å². The quantitative estimate of drug-likeness (QED) is 0.600. The lowest BCUT2D eigenvalue weighted by Crippen LogP contribution is -1.99. The maximum atomic E-state index is 6.19. The average molecular weight is 328 g/mol. The van der Waals surface area contributed by atoms with Crippen LogP contribution in [0.3, 0.4) is 0 Å². The van der Waals surface area contributed by atoms with Crippen molar-refractivity contribution in [2.24, 2.45) is 17.8 Å². The predicted octanol–water partition coefficient (Wildman–Crippen LogP) is 5.83. The van der Waals surface area contributed by atoms with E-state index in [1.54, 1.807) is 0 Å². The Hall–Kier alpha value is -0.0100. The fraction of sp³-hybridized carbons (Fsp3) is 0.625. The number of halogens is 2. The summed E-state index contributed by atoms with van der Waals surface area (Å²) in [6.45, 7) is 4.28. The normalized spacial score (nSPS) is 31.9. The molecule has 2 aliphatic rings. The Morgan fingerprint density at radius 2 is 1.72 bits per heavy atom. The molecule has 0 nitrogen and oxygen atoms in total. The Balaban J connectivity index is 1.85. The van der Waals surface area contributed by atoms with Crippen LogP contribution in [0.15, 0.2) is 12.1 Å². The second-order valence-corrected chi connectivity index (χ2v) is 7.44. The summed E-state index contributed by atoms with van der Waals surface area (Å²) in [5.74, 6) is 2.84. The molecule has 2 heteroatoms. The molecule has 0 radical (unpaired) electrons. The number of rotatable bonds is 2. The lowest BCUT2D eigenvalue weighted by Gasteiger charge is -2.15. The summed E-state index contributed by atoms with van der Waals surface area (Å²) < 4.78 is 0. The van der Waals surface area contributed by atoms with Crippen LogP contribution < -0.4 is 0 Å². The van der Waals surface area contributed by atoms with Gasteiger partial charge in [-0.25, -0.2) is 0 Å². The van der Waals surface area contributed by atoms with Gasteiger partial charge in [0.2, 0.25) is 0 Å². The van der Waals surface area contributed by atoms with Gasteiger partial charge in [0.15, 0.2) is 0 Å². The Labute approximate surface area is 123 Å². The minimum atomic E-state index is 0.529. The smallest absolute Gasteiger partial charge is 0.0438 e. The first kappa shape index (κ1) is 13.0. The van der Waals surface area contributed by atoms with Crippen LogP contribution in [0.25, 0.3) is 0 Å². The van der Waals surface area contributed by atoms with Gasteiger partial charge in [0.1, 0.15) is 0 Å². The van der Waals surface area contributed by atoms with Gasteiger partial charge in [-0.2, -0.15) is 0 Å². The van der Waals surface area contributed by atoms with Crippen molar-refractivity contribution >= 4 is 27.5 Å². The molecule has 2 aliphatic carbocycles. The van der Waals surface area contributed by atoms with Gasteiger partial charge in [0.05, 0.1) is 0 Å². The third-order valence-corrected chi connectivity index (χ3v) is 6.42. The van der Waals surface area contributed by atoms with Crippen LogP contribution in [0.4, 0.5) is 0 Å². The molecule has 1 aromatic rings. The molecule has 0 N–H and O–H groups in total. The number of aryl methyl sites for hydroxylation is 2. The van der Waals surface area contributed by atoms with E-state index < -0.39 is 0 Å². The first-order chi connectivity index (χ1) is 8.59. The Morgan fingerprint density at radius 3 is 2.33 bits per heavy atom. The Morgan fingerprint density at radius 1 is 1.11 bits per heavy atom. The van der Waals surface area contributed by atoms with E-state index in [2.05, 4.69) is 41.9 Å². The van der Waals surface area contributed by atoms with Crippen LogP contribution in [-0.4, -0.2) is 0 Å². The third-order valence-electron chi connectivity index (χ3n) is 4.91. The third kappa shape index (κ3) is 2.14. The number of fused-ring (bicyclic) bond motifs is 1. The molecule has 3 rings (SSSR count). The SMILES string of the molecule is Cc1cc(C(Br)C2C3CCCCC32)c(C)cc1Cl. The zero-order chi connectivity index (χ0) is 12.9. The minimum absolute atomic E-state index is 0.529.